The third kappa shape index (κ3) is 4.74. The molecule has 3 aromatic rings. The normalized spacial score (nSPS) is 15.3. The van der Waals surface area contributed by atoms with Gasteiger partial charge < -0.3 is 14.6 Å². The molecule has 4 rings (SSSR count). The van der Waals surface area contributed by atoms with E-state index in [1.165, 1.54) is 13.8 Å². The summed E-state index contributed by atoms with van der Waals surface area (Å²) < 4.78 is 77.1. The molecule has 2 aromatic carbocycles. The van der Waals surface area contributed by atoms with Crippen LogP contribution in [-0.2, 0) is 9.53 Å². The second kappa shape index (κ2) is 9.44. The zero-order valence-corrected chi connectivity index (χ0v) is 19.3. The smallest absolute Gasteiger partial charge is 0.503 e. The van der Waals surface area contributed by atoms with Crippen molar-refractivity contribution in [3.63, 3.8) is 0 Å². The Hall–Kier alpha value is -3.63. The Morgan fingerprint density at radius 1 is 1.11 bits per heavy atom. The van der Waals surface area contributed by atoms with Crippen molar-refractivity contribution in [2.24, 2.45) is 0 Å². The van der Waals surface area contributed by atoms with Crippen LogP contribution in [0.5, 0.6) is 11.5 Å². The first-order chi connectivity index (χ1) is 16.9. The summed E-state index contributed by atoms with van der Waals surface area (Å²) in [6.07, 6.45) is -1.98. The van der Waals surface area contributed by atoms with E-state index in [4.69, 9.17) is 4.74 Å². The highest BCUT2D eigenvalue weighted by Gasteiger charge is 2.33. The van der Waals surface area contributed by atoms with Gasteiger partial charge in [-0.15, -0.1) is 13.2 Å². The lowest BCUT2D eigenvalue weighted by Gasteiger charge is -2.17. The molecule has 1 aliphatic carbocycles. The van der Waals surface area contributed by atoms with Gasteiger partial charge in [-0.3, -0.25) is 14.2 Å². The molecule has 0 aliphatic heterocycles. The highest BCUT2D eigenvalue weighted by atomic mass is 19.4. The number of hydrogen-bond donors (Lipinski definition) is 1. The fourth-order valence-electron chi connectivity index (χ4n) is 4.62. The number of halogens is 5. The van der Waals surface area contributed by atoms with E-state index in [0.29, 0.717) is 12.8 Å². The van der Waals surface area contributed by atoms with Crippen molar-refractivity contribution in [1.82, 2.24) is 4.57 Å². The molecular formula is C25H22F5NO5. The molecule has 0 amide bonds. The first-order valence-electron chi connectivity index (χ1n) is 11.2. The molecule has 1 aromatic heterocycles. The fourth-order valence-corrected chi connectivity index (χ4v) is 4.62. The van der Waals surface area contributed by atoms with Gasteiger partial charge in [0.25, 0.3) is 5.91 Å². The van der Waals surface area contributed by atoms with E-state index in [9.17, 15) is 32.3 Å². The minimum Gasteiger partial charge on any atom is -0.503 e. The van der Waals surface area contributed by atoms with E-state index < -0.39 is 47.3 Å². The number of fused-ring (bicyclic) bond motifs is 1. The number of esters is 1. The highest BCUT2D eigenvalue weighted by Crippen LogP contribution is 2.39. The first kappa shape index (κ1) is 25.5. The number of nitrogens with zero attached hydrogens (tertiary/aromatic N) is 1. The van der Waals surface area contributed by atoms with Crippen molar-refractivity contribution >= 4 is 22.8 Å². The molecule has 11 heteroatoms. The number of hydrogen-bond acceptors (Lipinski definition) is 5. The van der Waals surface area contributed by atoms with Crippen LogP contribution in [0.3, 0.4) is 0 Å². The monoisotopic (exact) mass is 511 g/mol. The molecule has 0 bridgehead atoms. The number of phenols is 1. The SMILES string of the molecule is Cc1c(C(C)C(=O)OC2CCCC2)c2c(F)c(O)c(F)cc2n1C(=O)c1ccc(OC(F)(F)F)cc1. The predicted molar refractivity (Wildman–Crippen MR) is 118 cm³/mol. The van der Waals surface area contributed by atoms with Crippen LogP contribution in [0.25, 0.3) is 10.9 Å². The number of ether oxygens (including phenoxy) is 2. The van der Waals surface area contributed by atoms with Crippen molar-refractivity contribution in [3.8, 4) is 11.5 Å². The molecule has 0 radical (unpaired) electrons. The van der Waals surface area contributed by atoms with Crippen LogP contribution in [-0.4, -0.2) is 34.0 Å². The number of aromatic hydroxyl groups is 1. The molecule has 1 fully saturated rings. The van der Waals surface area contributed by atoms with Crippen molar-refractivity contribution in [3.05, 3.63) is 58.8 Å². The minimum atomic E-state index is -4.92. The summed E-state index contributed by atoms with van der Waals surface area (Å²) in [6.45, 7) is 2.87. The largest absolute Gasteiger partial charge is 0.573 e. The predicted octanol–water partition coefficient (Wildman–Crippen LogP) is 6.11. The third-order valence-electron chi connectivity index (χ3n) is 6.32. The topological polar surface area (TPSA) is 77.8 Å². The van der Waals surface area contributed by atoms with Crippen LogP contribution in [0, 0.1) is 18.6 Å². The molecule has 36 heavy (non-hydrogen) atoms. The zero-order valence-electron chi connectivity index (χ0n) is 19.3. The number of carbonyl (C=O) groups is 2. The van der Waals surface area contributed by atoms with Crippen LogP contribution in [0.15, 0.2) is 30.3 Å². The van der Waals surface area contributed by atoms with Crippen molar-refractivity contribution in [1.29, 1.82) is 0 Å². The maximum Gasteiger partial charge on any atom is 0.573 e. The zero-order chi connectivity index (χ0) is 26.4. The van der Waals surface area contributed by atoms with E-state index in [1.54, 1.807) is 0 Å². The Kier molecular flexibility index (Phi) is 6.68. The van der Waals surface area contributed by atoms with Crippen molar-refractivity contribution in [2.75, 3.05) is 0 Å². The van der Waals surface area contributed by atoms with E-state index in [2.05, 4.69) is 4.74 Å². The summed E-state index contributed by atoms with van der Waals surface area (Å²) in [7, 11) is 0. The molecule has 1 heterocycles. The lowest BCUT2D eigenvalue weighted by molar-refractivity contribution is -0.274. The van der Waals surface area contributed by atoms with Crippen molar-refractivity contribution in [2.45, 2.75) is 57.9 Å². The number of alkyl halides is 3. The van der Waals surface area contributed by atoms with Crippen LogP contribution < -0.4 is 4.74 Å². The van der Waals surface area contributed by atoms with Gasteiger partial charge in [0.15, 0.2) is 17.4 Å². The number of carbonyl (C=O) groups excluding carboxylic acids is 2. The van der Waals surface area contributed by atoms with Crippen LogP contribution in [0.2, 0.25) is 0 Å². The van der Waals surface area contributed by atoms with Gasteiger partial charge in [0, 0.05) is 22.7 Å². The van der Waals surface area contributed by atoms with E-state index in [1.807, 2.05) is 0 Å². The second-order valence-corrected chi connectivity index (χ2v) is 8.69. The Labute approximate surface area is 202 Å². The Morgan fingerprint density at radius 3 is 2.31 bits per heavy atom. The van der Waals surface area contributed by atoms with E-state index in [0.717, 1.165) is 47.7 Å². The average Bonchev–Trinajstić information content (AvgIpc) is 3.41. The molecular weight excluding hydrogens is 489 g/mol. The highest BCUT2D eigenvalue weighted by molar-refractivity contribution is 6.05. The molecule has 1 aliphatic rings. The Balaban J connectivity index is 1.80. The summed E-state index contributed by atoms with van der Waals surface area (Å²) in [5, 5.41) is 9.57. The van der Waals surface area contributed by atoms with Crippen LogP contribution in [0.4, 0.5) is 22.0 Å². The maximum absolute atomic E-state index is 15.1. The van der Waals surface area contributed by atoms with Crippen LogP contribution >= 0.6 is 0 Å². The average molecular weight is 511 g/mol. The Bertz CT molecular complexity index is 1320. The summed E-state index contributed by atoms with van der Waals surface area (Å²) in [5.74, 6) is -7.03. The van der Waals surface area contributed by atoms with Crippen molar-refractivity contribution < 1.29 is 46.1 Å². The summed E-state index contributed by atoms with van der Waals surface area (Å²) in [5.41, 5.74) is -0.237. The van der Waals surface area contributed by atoms with E-state index in [-0.39, 0.29) is 33.8 Å². The molecule has 1 N–H and O–H groups in total. The molecule has 1 saturated carbocycles. The summed E-state index contributed by atoms with van der Waals surface area (Å²) in [6, 6.07) is 4.76. The Morgan fingerprint density at radius 2 is 1.72 bits per heavy atom. The number of phenolic OH excluding ortho intramolecular Hbond substituents is 1. The summed E-state index contributed by atoms with van der Waals surface area (Å²) >= 11 is 0. The fraction of sp³-hybridized carbons (Fsp3) is 0.360. The van der Waals surface area contributed by atoms with Gasteiger partial charge in [-0.05, 0) is 69.4 Å². The van der Waals surface area contributed by atoms with Gasteiger partial charge in [-0.2, -0.15) is 0 Å². The molecule has 192 valence electrons. The third-order valence-corrected chi connectivity index (χ3v) is 6.32. The molecule has 0 saturated heterocycles. The quantitative estimate of drug-likeness (QED) is 0.330. The van der Waals surface area contributed by atoms with E-state index >= 15 is 4.39 Å². The van der Waals surface area contributed by atoms with Gasteiger partial charge in [0.05, 0.1) is 11.4 Å². The number of rotatable bonds is 5. The molecule has 0 spiro atoms. The molecule has 6 nitrogen and oxygen atoms in total. The van der Waals surface area contributed by atoms with Gasteiger partial charge >= 0.3 is 12.3 Å². The van der Waals surface area contributed by atoms with Gasteiger partial charge in [0.2, 0.25) is 0 Å². The van der Waals surface area contributed by atoms with Crippen LogP contribution in [0.1, 0.15) is 60.1 Å². The first-order valence-corrected chi connectivity index (χ1v) is 11.2. The minimum absolute atomic E-state index is 0.0335. The second-order valence-electron chi connectivity index (χ2n) is 8.69. The molecule has 1 unspecified atom stereocenters. The van der Waals surface area contributed by atoms with Gasteiger partial charge in [-0.1, -0.05) is 0 Å². The lowest BCUT2D eigenvalue weighted by Crippen LogP contribution is -2.21. The maximum atomic E-state index is 15.1. The number of aromatic nitrogens is 1. The molecule has 1 atom stereocenters. The summed E-state index contributed by atoms with van der Waals surface area (Å²) in [4.78, 5) is 26.2. The van der Waals surface area contributed by atoms with Gasteiger partial charge in [0.1, 0.15) is 11.9 Å². The van der Waals surface area contributed by atoms with Gasteiger partial charge in [-0.25, -0.2) is 8.78 Å². The lowest BCUT2D eigenvalue weighted by atomic mass is 9.97. The number of benzene rings is 2. The standard InChI is InChI=1S/C25H22F5NO5/c1-12(24(34)35-15-5-3-4-6-15)19-13(2)31(18-11-17(26)22(32)21(27)20(18)19)23(33)14-7-9-16(10-8-14)36-25(28,29)30/h7-12,15,32H,3-6H2,1-2H3.